The summed E-state index contributed by atoms with van der Waals surface area (Å²) in [6, 6.07) is 0. The number of hydrogen-bond acceptors (Lipinski definition) is 3. The van der Waals surface area contributed by atoms with E-state index in [4.69, 9.17) is 9.84 Å². The number of fused-ring (bicyclic) bond motifs is 1. The smallest absolute Gasteiger partial charge is 0.303 e. The van der Waals surface area contributed by atoms with Crippen molar-refractivity contribution in [3.63, 3.8) is 0 Å². The van der Waals surface area contributed by atoms with Crippen LogP contribution < -0.4 is 0 Å². The number of unbranched alkanes of at least 4 members (excludes halogenated alkanes) is 2. The first kappa shape index (κ1) is 21.9. The Bertz CT molecular complexity index is 548. The molecule has 4 nitrogen and oxygen atoms in total. The SMILES string of the molecule is CCCCC(F)[C@H](O)C=C[C@@H]1[C@H]2[C@H](F)C(=CCCCC(=O)O)O[C@@H]2C[C@H]1C. The maximum atomic E-state index is 14.9. The van der Waals surface area contributed by atoms with Crippen LogP contribution in [0.2, 0.25) is 0 Å². The number of ether oxygens (including phenoxy) is 1. The van der Waals surface area contributed by atoms with Crippen LogP contribution in [0.4, 0.5) is 8.78 Å². The third-order valence-electron chi connectivity index (χ3n) is 5.71. The van der Waals surface area contributed by atoms with Crippen LogP contribution in [0, 0.1) is 17.8 Å². The van der Waals surface area contributed by atoms with Crippen LogP contribution in [-0.4, -0.2) is 40.7 Å². The van der Waals surface area contributed by atoms with Crippen molar-refractivity contribution in [2.24, 2.45) is 17.8 Å². The number of carbonyl (C=O) groups is 1. The van der Waals surface area contributed by atoms with E-state index in [1.807, 2.05) is 13.8 Å². The molecule has 1 aliphatic carbocycles. The van der Waals surface area contributed by atoms with Crippen LogP contribution in [-0.2, 0) is 9.53 Å². The minimum Gasteiger partial charge on any atom is -0.492 e. The summed E-state index contributed by atoms with van der Waals surface area (Å²) in [4.78, 5) is 10.6. The van der Waals surface area contributed by atoms with E-state index in [2.05, 4.69) is 0 Å². The number of hydrogen-bond donors (Lipinski definition) is 2. The van der Waals surface area contributed by atoms with Gasteiger partial charge in [0.2, 0.25) is 0 Å². The number of halogens is 2. The molecule has 0 amide bonds. The molecule has 1 aliphatic heterocycles. The van der Waals surface area contributed by atoms with Gasteiger partial charge in [-0.3, -0.25) is 4.79 Å². The number of aliphatic hydroxyl groups is 1. The Morgan fingerprint density at radius 1 is 1.41 bits per heavy atom. The number of carboxylic acid groups (broad SMARTS) is 1. The summed E-state index contributed by atoms with van der Waals surface area (Å²) in [7, 11) is 0. The zero-order chi connectivity index (χ0) is 20.0. The molecule has 0 radical (unpaired) electrons. The highest BCUT2D eigenvalue weighted by molar-refractivity contribution is 5.66. The van der Waals surface area contributed by atoms with Crippen molar-refractivity contribution in [3.8, 4) is 0 Å². The number of carboxylic acids is 1. The predicted molar refractivity (Wildman–Crippen MR) is 99.7 cm³/mol. The van der Waals surface area contributed by atoms with Gasteiger partial charge < -0.3 is 14.9 Å². The molecule has 1 saturated heterocycles. The highest BCUT2D eigenvalue weighted by atomic mass is 19.1. The van der Waals surface area contributed by atoms with E-state index in [0.717, 1.165) is 19.3 Å². The van der Waals surface area contributed by atoms with Crippen molar-refractivity contribution in [1.29, 1.82) is 0 Å². The molecule has 27 heavy (non-hydrogen) atoms. The maximum absolute atomic E-state index is 14.9. The largest absolute Gasteiger partial charge is 0.492 e. The third-order valence-corrected chi connectivity index (χ3v) is 5.71. The normalized spacial score (nSPS) is 34.0. The molecule has 2 N–H and O–H groups in total. The highest BCUT2D eigenvalue weighted by Crippen LogP contribution is 2.49. The fourth-order valence-corrected chi connectivity index (χ4v) is 4.16. The van der Waals surface area contributed by atoms with Crippen LogP contribution >= 0.6 is 0 Å². The lowest BCUT2D eigenvalue weighted by Gasteiger charge is -2.20. The molecule has 2 rings (SSSR count). The Balaban J connectivity index is 1.95. The first-order chi connectivity index (χ1) is 12.8. The lowest BCUT2D eigenvalue weighted by Crippen LogP contribution is -2.24. The van der Waals surface area contributed by atoms with Crippen LogP contribution in [0.15, 0.2) is 24.0 Å². The second kappa shape index (κ2) is 10.2. The molecule has 0 bridgehead atoms. The molecule has 0 aromatic carbocycles. The Labute approximate surface area is 160 Å². The van der Waals surface area contributed by atoms with Crippen molar-refractivity contribution in [2.45, 2.75) is 83.3 Å². The second-order valence-corrected chi connectivity index (χ2v) is 7.85. The van der Waals surface area contributed by atoms with E-state index in [-0.39, 0.29) is 30.3 Å². The summed E-state index contributed by atoms with van der Waals surface area (Å²) >= 11 is 0. The summed E-state index contributed by atoms with van der Waals surface area (Å²) in [5.74, 6) is -0.806. The van der Waals surface area contributed by atoms with Gasteiger partial charge in [-0.1, -0.05) is 38.8 Å². The average molecular weight is 386 g/mol. The molecule has 7 atom stereocenters. The van der Waals surface area contributed by atoms with Crippen LogP contribution in [0.3, 0.4) is 0 Å². The van der Waals surface area contributed by atoms with Gasteiger partial charge in [-0.15, -0.1) is 0 Å². The van der Waals surface area contributed by atoms with Crippen molar-refractivity contribution in [3.05, 3.63) is 24.0 Å². The van der Waals surface area contributed by atoms with E-state index in [9.17, 15) is 18.7 Å². The summed E-state index contributed by atoms with van der Waals surface area (Å²) < 4.78 is 34.6. The molecule has 0 spiro atoms. The molecule has 1 saturated carbocycles. The Morgan fingerprint density at radius 2 is 2.15 bits per heavy atom. The van der Waals surface area contributed by atoms with Gasteiger partial charge in [0.25, 0.3) is 0 Å². The maximum Gasteiger partial charge on any atom is 0.303 e. The van der Waals surface area contributed by atoms with Gasteiger partial charge in [0.15, 0.2) is 6.17 Å². The van der Waals surface area contributed by atoms with Gasteiger partial charge in [-0.2, -0.15) is 0 Å². The van der Waals surface area contributed by atoms with Crippen molar-refractivity contribution in [2.75, 3.05) is 0 Å². The van der Waals surface area contributed by atoms with Crippen LogP contribution in [0.1, 0.15) is 58.8 Å². The fourth-order valence-electron chi connectivity index (χ4n) is 4.16. The van der Waals surface area contributed by atoms with Crippen molar-refractivity contribution < 1.29 is 28.5 Å². The molecule has 154 valence electrons. The van der Waals surface area contributed by atoms with Gasteiger partial charge in [-0.25, -0.2) is 8.78 Å². The Morgan fingerprint density at radius 3 is 2.81 bits per heavy atom. The lowest BCUT2D eigenvalue weighted by molar-refractivity contribution is -0.137. The molecule has 1 heterocycles. The molecule has 0 aromatic heterocycles. The number of rotatable bonds is 10. The minimum atomic E-state index is -1.29. The Kier molecular flexibility index (Phi) is 8.27. The summed E-state index contributed by atoms with van der Waals surface area (Å²) in [6.07, 6.45) is 4.63. The topological polar surface area (TPSA) is 66.8 Å². The standard InChI is InChI=1S/C21H32F2O4/c1-3-4-7-15(22)16(24)11-10-14-13(2)12-18-20(14)21(23)17(27-18)8-5-6-9-19(25)26/h8,10-11,13-16,18,20-21,24H,3-7,9,12H2,1-2H3,(H,25,26)/t13-,14+,15?,16-,18-,20-,21-/m1/s1. The first-order valence-electron chi connectivity index (χ1n) is 10.1. The van der Waals surface area contributed by atoms with E-state index >= 15 is 0 Å². The molecule has 0 aromatic rings. The quantitative estimate of drug-likeness (QED) is 0.426. The number of alkyl halides is 2. The van der Waals surface area contributed by atoms with Crippen molar-refractivity contribution >= 4 is 5.97 Å². The lowest BCUT2D eigenvalue weighted by atomic mass is 9.86. The molecular formula is C21H32F2O4. The Hall–Kier alpha value is -1.43. The highest BCUT2D eigenvalue weighted by Gasteiger charge is 2.52. The van der Waals surface area contributed by atoms with Gasteiger partial charge in [0.1, 0.15) is 24.1 Å². The summed E-state index contributed by atoms with van der Waals surface area (Å²) in [6.45, 7) is 4.00. The van der Waals surface area contributed by atoms with E-state index < -0.39 is 24.4 Å². The minimum absolute atomic E-state index is 0.0519. The van der Waals surface area contributed by atoms with Gasteiger partial charge in [-0.05, 0) is 43.6 Å². The average Bonchev–Trinajstić information content (AvgIpc) is 3.09. The monoisotopic (exact) mass is 386 g/mol. The molecule has 2 aliphatic rings. The van der Waals surface area contributed by atoms with E-state index in [0.29, 0.717) is 25.0 Å². The summed E-state index contributed by atoms with van der Waals surface area (Å²) in [5, 5.41) is 18.7. The molecule has 6 heteroatoms. The van der Waals surface area contributed by atoms with E-state index in [1.165, 1.54) is 6.08 Å². The predicted octanol–water partition coefficient (Wildman–Crippen LogP) is 4.58. The number of aliphatic carboxylic acids is 1. The molecular weight excluding hydrogens is 354 g/mol. The van der Waals surface area contributed by atoms with Gasteiger partial charge in [0.05, 0.1) is 0 Å². The van der Waals surface area contributed by atoms with Gasteiger partial charge >= 0.3 is 5.97 Å². The molecule has 1 unspecified atom stereocenters. The fraction of sp³-hybridized carbons (Fsp3) is 0.762. The van der Waals surface area contributed by atoms with Gasteiger partial charge in [0, 0.05) is 12.3 Å². The van der Waals surface area contributed by atoms with Crippen molar-refractivity contribution in [1.82, 2.24) is 0 Å². The second-order valence-electron chi connectivity index (χ2n) is 7.85. The van der Waals surface area contributed by atoms with Crippen LogP contribution in [0.25, 0.3) is 0 Å². The number of aliphatic hydroxyl groups excluding tert-OH is 1. The zero-order valence-corrected chi connectivity index (χ0v) is 16.2. The number of allylic oxidation sites excluding steroid dienone is 3. The molecule has 2 fully saturated rings. The summed E-state index contributed by atoms with van der Waals surface area (Å²) in [5.41, 5.74) is 0. The van der Waals surface area contributed by atoms with Crippen LogP contribution in [0.5, 0.6) is 0 Å². The van der Waals surface area contributed by atoms with E-state index in [1.54, 1.807) is 12.2 Å². The zero-order valence-electron chi connectivity index (χ0n) is 16.2. The first-order valence-corrected chi connectivity index (χ1v) is 10.1. The third kappa shape index (κ3) is 5.77.